The molecule has 1 aromatic rings. The van der Waals surface area contributed by atoms with Crippen molar-refractivity contribution in [1.29, 1.82) is 0 Å². The fraction of sp³-hybridized carbons (Fsp3) is 0.533. The summed E-state index contributed by atoms with van der Waals surface area (Å²) in [5.41, 5.74) is 6.10. The van der Waals surface area contributed by atoms with Gasteiger partial charge >= 0.3 is 0 Å². The molecule has 0 aromatic heterocycles. The number of sulfone groups is 1. The SMILES string of the molecule is NC(=S)c1cccc(S(=O)(=O)CCOCC2CCCC2)c1. The van der Waals surface area contributed by atoms with Gasteiger partial charge in [0.15, 0.2) is 9.84 Å². The third-order valence-corrected chi connectivity index (χ3v) is 5.71. The highest BCUT2D eigenvalue weighted by Gasteiger charge is 2.17. The molecule has 1 aromatic carbocycles. The smallest absolute Gasteiger partial charge is 0.180 e. The van der Waals surface area contributed by atoms with E-state index >= 15 is 0 Å². The molecule has 2 N–H and O–H groups in total. The molecular weight excluding hydrogens is 306 g/mol. The molecule has 116 valence electrons. The lowest BCUT2D eigenvalue weighted by Gasteiger charge is -2.10. The van der Waals surface area contributed by atoms with Crippen molar-refractivity contribution in [3.63, 3.8) is 0 Å². The number of nitrogens with two attached hydrogens (primary N) is 1. The van der Waals surface area contributed by atoms with Gasteiger partial charge in [0.05, 0.1) is 17.3 Å². The molecule has 0 unspecified atom stereocenters. The first-order valence-electron chi connectivity index (χ1n) is 7.19. The second-order valence-corrected chi connectivity index (χ2v) is 7.99. The summed E-state index contributed by atoms with van der Waals surface area (Å²) in [7, 11) is -3.35. The summed E-state index contributed by atoms with van der Waals surface area (Å²) in [4.78, 5) is 0.446. The van der Waals surface area contributed by atoms with Crippen LogP contribution in [-0.4, -0.2) is 32.4 Å². The Kier molecular flexibility index (Phi) is 5.72. The predicted molar refractivity (Wildman–Crippen MR) is 87.2 cm³/mol. The zero-order valence-corrected chi connectivity index (χ0v) is 13.6. The first-order valence-corrected chi connectivity index (χ1v) is 9.25. The average Bonchev–Trinajstić information content (AvgIpc) is 2.97. The molecule has 21 heavy (non-hydrogen) atoms. The van der Waals surface area contributed by atoms with Crippen molar-refractivity contribution in [2.45, 2.75) is 30.6 Å². The van der Waals surface area contributed by atoms with Crippen LogP contribution < -0.4 is 5.73 Å². The number of rotatable bonds is 7. The van der Waals surface area contributed by atoms with Gasteiger partial charge in [0.1, 0.15) is 4.99 Å². The lowest BCUT2D eigenvalue weighted by atomic mass is 10.1. The first-order chi connectivity index (χ1) is 9.99. The molecule has 1 fully saturated rings. The Morgan fingerprint density at radius 3 is 2.71 bits per heavy atom. The van der Waals surface area contributed by atoms with Crippen LogP contribution in [0.15, 0.2) is 29.2 Å². The van der Waals surface area contributed by atoms with Gasteiger partial charge in [-0.15, -0.1) is 0 Å². The minimum absolute atomic E-state index is 0.0134. The minimum Gasteiger partial charge on any atom is -0.389 e. The summed E-state index contributed by atoms with van der Waals surface area (Å²) in [5.74, 6) is 0.589. The van der Waals surface area contributed by atoms with Crippen LogP contribution in [-0.2, 0) is 14.6 Å². The molecule has 0 aliphatic heterocycles. The van der Waals surface area contributed by atoms with Crippen molar-refractivity contribution in [1.82, 2.24) is 0 Å². The number of hydrogen-bond acceptors (Lipinski definition) is 4. The second-order valence-electron chi connectivity index (χ2n) is 5.44. The maximum absolute atomic E-state index is 12.2. The highest BCUT2D eigenvalue weighted by molar-refractivity contribution is 7.91. The third kappa shape index (κ3) is 4.76. The standard InChI is InChI=1S/C15H21NO3S2/c16-15(20)13-6-3-7-14(10-13)21(17,18)9-8-19-11-12-4-1-2-5-12/h3,6-7,10,12H,1-2,4-5,8-9,11H2,(H2,16,20). The van der Waals surface area contributed by atoms with Crippen molar-refractivity contribution in [3.05, 3.63) is 29.8 Å². The number of thiocarbonyl (C=S) groups is 1. The normalized spacial score (nSPS) is 16.2. The van der Waals surface area contributed by atoms with Crippen molar-refractivity contribution < 1.29 is 13.2 Å². The molecule has 1 saturated carbocycles. The second kappa shape index (κ2) is 7.33. The van der Waals surface area contributed by atoms with E-state index < -0.39 is 9.84 Å². The number of ether oxygens (including phenoxy) is 1. The Balaban J connectivity index is 1.88. The van der Waals surface area contributed by atoms with Crippen molar-refractivity contribution in [3.8, 4) is 0 Å². The van der Waals surface area contributed by atoms with E-state index in [1.54, 1.807) is 18.2 Å². The molecule has 0 saturated heterocycles. The number of benzene rings is 1. The van der Waals surface area contributed by atoms with Crippen molar-refractivity contribution >= 4 is 27.0 Å². The molecule has 4 nitrogen and oxygen atoms in total. The quantitative estimate of drug-likeness (QED) is 0.615. The number of hydrogen-bond donors (Lipinski definition) is 1. The van der Waals surface area contributed by atoms with E-state index in [4.69, 9.17) is 22.7 Å². The van der Waals surface area contributed by atoms with Crippen LogP contribution in [0.1, 0.15) is 31.2 Å². The van der Waals surface area contributed by atoms with E-state index in [0.29, 0.717) is 18.1 Å². The van der Waals surface area contributed by atoms with Gasteiger partial charge in [0.25, 0.3) is 0 Å². The Morgan fingerprint density at radius 1 is 1.33 bits per heavy atom. The highest BCUT2D eigenvalue weighted by atomic mass is 32.2. The van der Waals surface area contributed by atoms with Gasteiger partial charge in [0.2, 0.25) is 0 Å². The maximum atomic E-state index is 12.2. The average molecular weight is 327 g/mol. The van der Waals surface area contributed by atoms with Crippen LogP contribution in [0.2, 0.25) is 0 Å². The first kappa shape index (κ1) is 16.4. The fourth-order valence-electron chi connectivity index (χ4n) is 2.56. The predicted octanol–water partition coefficient (Wildman–Crippen LogP) is 2.30. The van der Waals surface area contributed by atoms with E-state index in [9.17, 15) is 8.42 Å². The largest absolute Gasteiger partial charge is 0.389 e. The minimum atomic E-state index is -3.35. The molecule has 6 heteroatoms. The topological polar surface area (TPSA) is 69.4 Å². The Hall–Kier alpha value is -0.980. The Morgan fingerprint density at radius 2 is 2.05 bits per heavy atom. The van der Waals surface area contributed by atoms with Gasteiger partial charge in [-0.3, -0.25) is 0 Å². The summed E-state index contributed by atoms with van der Waals surface area (Å²) in [6.07, 6.45) is 4.92. The van der Waals surface area contributed by atoms with Crippen LogP contribution in [0, 0.1) is 5.92 Å². The summed E-state index contributed by atoms with van der Waals surface area (Å²) < 4.78 is 30.0. The van der Waals surface area contributed by atoms with Gasteiger partial charge in [-0.05, 0) is 30.9 Å². The van der Waals surface area contributed by atoms with Gasteiger partial charge < -0.3 is 10.5 Å². The maximum Gasteiger partial charge on any atom is 0.180 e. The molecular formula is C15H21NO3S2. The summed E-state index contributed by atoms with van der Waals surface area (Å²) >= 11 is 4.87. The van der Waals surface area contributed by atoms with Crippen LogP contribution in [0.5, 0.6) is 0 Å². The Bertz CT molecular complexity index is 593. The molecule has 1 aliphatic rings. The van der Waals surface area contributed by atoms with Gasteiger partial charge in [-0.25, -0.2) is 8.42 Å². The molecule has 0 spiro atoms. The van der Waals surface area contributed by atoms with Crippen LogP contribution >= 0.6 is 12.2 Å². The van der Waals surface area contributed by atoms with Crippen LogP contribution in [0.3, 0.4) is 0 Å². The lowest BCUT2D eigenvalue weighted by Crippen LogP contribution is -2.16. The van der Waals surface area contributed by atoms with E-state index in [1.807, 2.05) is 0 Å². The molecule has 0 amide bonds. The molecule has 0 bridgehead atoms. The third-order valence-electron chi connectivity index (χ3n) is 3.80. The molecule has 2 rings (SSSR count). The van der Waals surface area contributed by atoms with Crippen molar-refractivity contribution in [2.75, 3.05) is 19.0 Å². The van der Waals surface area contributed by atoms with E-state index in [0.717, 1.165) is 0 Å². The molecule has 1 aliphatic carbocycles. The van der Waals surface area contributed by atoms with E-state index in [-0.39, 0.29) is 22.2 Å². The monoisotopic (exact) mass is 327 g/mol. The summed E-state index contributed by atoms with van der Waals surface area (Å²) in [6.45, 7) is 0.901. The highest BCUT2D eigenvalue weighted by Crippen LogP contribution is 2.24. The zero-order valence-electron chi connectivity index (χ0n) is 12.0. The Labute approximate surface area is 131 Å². The molecule has 0 radical (unpaired) electrons. The molecule has 0 heterocycles. The van der Waals surface area contributed by atoms with E-state index in [2.05, 4.69) is 0 Å². The summed E-state index contributed by atoms with van der Waals surface area (Å²) in [5, 5.41) is 0. The van der Waals surface area contributed by atoms with Gasteiger partial charge in [-0.2, -0.15) is 0 Å². The summed E-state index contributed by atoms with van der Waals surface area (Å²) in [6, 6.07) is 6.45. The lowest BCUT2D eigenvalue weighted by molar-refractivity contribution is 0.114. The fourth-order valence-corrected chi connectivity index (χ4v) is 3.85. The van der Waals surface area contributed by atoms with Crippen LogP contribution in [0.4, 0.5) is 0 Å². The van der Waals surface area contributed by atoms with E-state index in [1.165, 1.54) is 31.7 Å². The van der Waals surface area contributed by atoms with Gasteiger partial charge in [-0.1, -0.05) is 37.2 Å². The van der Waals surface area contributed by atoms with Crippen LogP contribution in [0.25, 0.3) is 0 Å². The molecule has 0 atom stereocenters. The zero-order chi connectivity index (χ0) is 15.3. The van der Waals surface area contributed by atoms with Crippen molar-refractivity contribution in [2.24, 2.45) is 11.7 Å². The van der Waals surface area contributed by atoms with Gasteiger partial charge in [0, 0.05) is 12.2 Å².